The second-order valence-electron chi connectivity index (χ2n) is 8.78. The summed E-state index contributed by atoms with van der Waals surface area (Å²) in [7, 11) is 3.99. The highest BCUT2D eigenvalue weighted by atomic mass is 16.1. The Labute approximate surface area is 189 Å². The van der Waals surface area contributed by atoms with Crippen molar-refractivity contribution in [2.24, 2.45) is 14.1 Å². The second kappa shape index (κ2) is 6.91. The maximum absolute atomic E-state index is 13.2. The topological polar surface area (TPSA) is 44.0 Å². The van der Waals surface area contributed by atoms with E-state index in [4.69, 9.17) is 0 Å². The van der Waals surface area contributed by atoms with Gasteiger partial charge in [0, 0.05) is 35.6 Å². The van der Waals surface area contributed by atoms with E-state index in [-0.39, 0.29) is 10.9 Å². The van der Waals surface area contributed by atoms with E-state index >= 15 is 0 Å². The van der Waals surface area contributed by atoms with Crippen LogP contribution >= 0.6 is 0 Å². The normalized spacial score (nSPS) is 11.7. The van der Waals surface area contributed by atoms with Gasteiger partial charge in [-0.3, -0.25) is 9.59 Å². The van der Waals surface area contributed by atoms with E-state index in [0.717, 1.165) is 49.5 Å². The molecule has 0 saturated carbocycles. The van der Waals surface area contributed by atoms with Crippen LogP contribution in [-0.2, 0) is 14.1 Å². The van der Waals surface area contributed by atoms with Crippen LogP contribution in [0.25, 0.3) is 54.7 Å². The van der Waals surface area contributed by atoms with Gasteiger partial charge < -0.3 is 9.13 Å². The standard InChI is InChI=1S/C29H22N2O2/c1-17-8-13-25-23(14-17)29(33)22-12-10-19(16-27(22)31(25)3)18-9-11-21-26(15-18)30(2)24-7-5-4-6-20(24)28(21)32/h4-16H,1-3H3. The Balaban J connectivity index is 1.63. The summed E-state index contributed by atoms with van der Waals surface area (Å²) in [4.78, 5) is 26.2. The van der Waals surface area contributed by atoms with Crippen LogP contribution in [-0.4, -0.2) is 9.13 Å². The summed E-state index contributed by atoms with van der Waals surface area (Å²) in [6, 6.07) is 25.6. The minimum Gasteiger partial charge on any atom is -0.343 e. The largest absolute Gasteiger partial charge is 0.343 e. The molecule has 0 spiro atoms. The molecule has 0 atom stereocenters. The third-order valence-electron chi connectivity index (χ3n) is 6.81. The molecule has 6 rings (SSSR count). The lowest BCUT2D eigenvalue weighted by atomic mass is 9.99. The predicted molar refractivity (Wildman–Crippen MR) is 137 cm³/mol. The van der Waals surface area contributed by atoms with Crippen molar-refractivity contribution in [2.45, 2.75) is 6.92 Å². The summed E-state index contributed by atoms with van der Waals surface area (Å²) in [6.07, 6.45) is 0. The lowest BCUT2D eigenvalue weighted by Crippen LogP contribution is -2.10. The van der Waals surface area contributed by atoms with Crippen LogP contribution < -0.4 is 10.9 Å². The smallest absolute Gasteiger partial charge is 0.197 e. The van der Waals surface area contributed by atoms with E-state index < -0.39 is 0 Å². The van der Waals surface area contributed by atoms with Crippen LogP contribution in [0.15, 0.2) is 88.5 Å². The first-order valence-corrected chi connectivity index (χ1v) is 11.0. The number of aryl methyl sites for hydroxylation is 3. The Hall–Kier alpha value is -4.18. The molecule has 0 aliphatic rings. The van der Waals surface area contributed by atoms with Crippen LogP contribution in [0.5, 0.6) is 0 Å². The highest BCUT2D eigenvalue weighted by Crippen LogP contribution is 2.28. The Bertz CT molecular complexity index is 1890. The predicted octanol–water partition coefficient (Wildman–Crippen LogP) is 5.67. The fraction of sp³-hybridized carbons (Fsp3) is 0.103. The van der Waals surface area contributed by atoms with E-state index in [1.165, 1.54) is 0 Å². The fourth-order valence-electron chi connectivity index (χ4n) is 4.99. The van der Waals surface area contributed by atoms with Gasteiger partial charge in [0.1, 0.15) is 0 Å². The molecule has 2 heterocycles. The lowest BCUT2D eigenvalue weighted by Gasteiger charge is -2.14. The third-order valence-corrected chi connectivity index (χ3v) is 6.81. The molecule has 4 aromatic carbocycles. The molecule has 0 bridgehead atoms. The van der Waals surface area contributed by atoms with Gasteiger partial charge >= 0.3 is 0 Å². The summed E-state index contributed by atoms with van der Waals surface area (Å²) in [5, 5.41) is 2.88. The van der Waals surface area contributed by atoms with Crippen molar-refractivity contribution in [2.75, 3.05) is 0 Å². The van der Waals surface area contributed by atoms with Crippen molar-refractivity contribution in [3.63, 3.8) is 0 Å². The summed E-state index contributed by atoms with van der Waals surface area (Å²) in [5.74, 6) is 0. The molecule has 33 heavy (non-hydrogen) atoms. The SMILES string of the molecule is Cc1ccc2c(c1)c(=O)c1ccc(-c3ccc4c(=O)c5ccccc5n(C)c4c3)cc1n2C. The minimum atomic E-state index is 0.0490. The number of aromatic nitrogens is 2. The van der Waals surface area contributed by atoms with Gasteiger partial charge in [-0.25, -0.2) is 0 Å². The maximum Gasteiger partial charge on any atom is 0.197 e. The molecule has 0 unspecified atom stereocenters. The van der Waals surface area contributed by atoms with Gasteiger partial charge in [0.05, 0.1) is 22.1 Å². The van der Waals surface area contributed by atoms with Gasteiger partial charge in [0.25, 0.3) is 0 Å². The molecular formula is C29H22N2O2. The molecule has 0 aliphatic heterocycles. The number of pyridine rings is 2. The van der Waals surface area contributed by atoms with Gasteiger partial charge in [-0.15, -0.1) is 0 Å². The Morgan fingerprint density at radius 2 is 1.03 bits per heavy atom. The van der Waals surface area contributed by atoms with Gasteiger partial charge in [-0.1, -0.05) is 35.9 Å². The van der Waals surface area contributed by atoms with Gasteiger partial charge in [-0.2, -0.15) is 0 Å². The van der Waals surface area contributed by atoms with Crippen LogP contribution in [0.2, 0.25) is 0 Å². The monoisotopic (exact) mass is 430 g/mol. The summed E-state index contributed by atoms with van der Waals surface area (Å²) >= 11 is 0. The molecule has 2 aromatic heterocycles. The highest BCUT2D eigenvalue weighted by molar-refractivity contribution is 5.98. The van der Waals surface area contributed by atoms with E-state index in [1.54, 1.807) is 0 Å². The molecule has 0 fully saturated rings. The summed E-state index contributed by atoms with van der Waals surface area (Å²) in [6.45, 7) is 2.00. The van der Waals surface area contributed by atoms with Gasteiger partial charge in [0.2, 0.25) is 0 Å². The zero-order valence-corrected chi connectivity index (χ0v) is 18.7. The van der Waals surface area contributed by atoms with E-state index in [2.05, 4.69) is 21.3 Å². The number of fused-ring (bicyclic) bond motifs is 4. The first-order chi connectivity index (χ1) is 15.9. The fourth-order valence-corrected chi connectivity index (χ4v) is 4.99. The molecule has 4 heteroatoms. The molecule has 160 valence electrons. The molecule has 4 nitrogen and oxygen atoms in total. The number of hydrogen-bond donors (Lipinski definition) is 0. The first-order valence-electron chi connectivity index (χ1n) is 11.0. The van der Waals surface area contributed by atoms with Crippen molar-refractivity contribution in [3.05, 3.63) is 105 Å². The van der Waals surface area contributed by atoms with Crippen LogP contribution in [0, 0.1) is 6.92 Å². The van der Waals surface area contributed by atoms with Gasteiger partial charge in [-0.05, 0) is 66.6 Å². The molecule has 0 radical (unpaired) electrons. The quantitative estimate of drug-likeness (QED) is 0.315. The maximum atomic E-state index is 13.2. The van der Waals surface area contributed by atoms with E-state index in [1.807, 2.05) is 87.7 Å². The molecule has 6 aromatic rings. The number of nitrogens with zero attached hydrogens (tertiary/aromatic N) is 2. The third kappa shape index (κ3) is 2.77. The minimum absolute atomic E-state index is 0.0490. The molecule has 0 aliphatic carbocycles. The average molecular weight is 431 g/mol. The Kier molecular flexibility index (Phi) is 4.08. The van der Waals surface area contributed by atoms with Crippen molar-refractivity contribution in [3.8, 4) is 11.1 Å². The molecule has 0 saturated heterocycles. The Morgan fingerprint density at radius 1 is 0.515 bits per heavy atom. The van der Waals surface area contributed by atoms with Crippen LogP contribution in [0.1, 0.15) is 5.56 Å². The Morgan fingerprint density at radius 3 is 1.67 bits per heavy atom. The summed E-state index contributed by atoms with van der Waals surface area (Å²) in [5.41, 5.74) is 6.80. The van der Waals surface area contributed by atoms with Crippen molar-refractivity contribution >= 4 is 43.6 Å². The van der Waals surface area contributed by atoms with E-state index in [9.17, 15) is 9.59 Å². The molecule has 0 amide bonds. The van der Waals surface area contributed by atoms with Crippen LogP contribution in [0.4, 0.5) is 0 Å². The van der Waals surface area contributed by atoms with Crippen molar-refractivity contribution in [1.82, 2.24) is 9.13 Å². The molecule has 0 N–H and O–H groups in total. The van der Waals surface area contributed by atoms with Crippen molar-refractivity contribution in [1.29, 1.82) is 0 Å². The summed E-state index contributed by atoms with van der Waals surface area (Å²) < 4.78 is 4.15. The lowest BCUT2D eigenvalue weighted by molar-refractivity contribution is 1.00. The highest BCUT2D eigenvalue weighted by Gasteiger charge is 2.13. The average Bonchev–Trinajstić information content (AvgIpc) is 2.85. The number of rotatable bonds is 1. The van der Waals surface area contributed by atoms with E-state index in [0.29, 0.717) is 10.8 Å². The number of benzene rings is 4. The zero-order valence-electron chi connectivity index (χ0n) is 18.7. The zero-order chi connectivity index (χ0) is 22.9. The molecular weight excluding hydrogens is 408 g/mol. The first kappa shape index (κ1) is 19.5. The number of para-hydroxylation sites is 1. The van der Waals surface area contributed by atoms with Gasteiger partial charge in [0.15, 0.2) is 10.9 Å². The van der Waals surface area contributed by atoms with Crippen LogP contribution in [0.3, 0.4) is 0 Å². The second-order valence-corrected chi connectivity index (χ2v) is 8.78. The van der Waals surface area contributed by atoms with Crippen molar-refractivity contribution < 1.29 is 0 Å². The number of hydrogen-bond acceptors (Lipinski definition) is 2.